The van der Waals surface area contributed by atoms with Gasteiger partial charge in [-0.15, -0.1) is 0 Å². The lowest BCUT2D eigenvalue weighted by Gasteiger charge is -2.37. The number of carbonyl (C=O) groups excluding carboxylic acids is 2. The van der Waals surface area contributed by atoms with E-state index in [2.05, 4.69) is 29.2 Å². The number of carboxylic acids is 2. The lowest BCUT2D eigenvalue weighted by molar-refractivity contribution is -0.145. The van der Waals surface area contributed by atoms with Gasteiger partial charge in [-0.05, 0) is 76.2 Å². The Morgan fingerprint density at radius 2 is 1.69 bits per heavy atom. The standard InChI is InChI=1S/C29H52N4O8S/c1-19(2)9-10-20-16-22(11-12-23(20)27(37)38)32-28(39)29(13-5-6-14-29)17-21(26(35)36)18-31-25(34)24(8-4-7-15-30)33-42(3,40)41/h19-24,33H,4-18,30H2,1-3H3,(H,31,34)(H,32,39)(H,35,36)(H,37,38)/t20-,21?,22?,23+,24-/m0/s1. The normalized spacial score (nSPS) is 23.7. The molecule has 7 N–H and O–H groups in total. The molecule has 0 aromatic heterocycles. The lowest BCUT2D eigenvalue weighted by Crippen LogP contribution is -2.50. The second-order valence-corrected chi connectivity index (χ2v) is 14.6. The minimum absolute atomic E-state index is 0.0243. The van der Waals surface area contributed by atoms with Gasteiger partial charge in [-0.1, -0.05) is 39.5 Å². The van der Waals surface area contributed by atoms with E-state index in [0.717, 1.165) is 31.9 Å². The lowest BCUT2D eigenvalue weighted by atomic mass is 9.73. The van der Waals surface area contributed by atoms with E-state index in [1.54, 1.807) is 0 Å². The predicted octanol–water partition coefficient (Wildman–Crippen LogP) is 2.22. The number of hydrogen-bond acceptors (Lipinski definition) is 7. The summed E-state index contributed by atoms with van der Waals surface area (Å²) in [5, 5.41) is 25.5. The minimum Gasteiger partial charge on any atom is -0.481 e. The van der Waals surface area contributed by atoms with E-state index in [0.29, 0.717) is 57.4 Å². The molecular weight excluding hydrogens is 564 g/mol. The van der Waals surface area contributed by atoms with Crippen LogP contribution in [0.2, 0.25) is 0 Å². The molecule has 0 radical (unpaired) electrons. The molecule has 0 heterocycles. The molecule has 2 aliphatic rings. The minimum atomic E-state index is -3.68. The summed E-state index contributed by atoms with van der Waals surface area (Å²) in [7, 11) is -3.68. The van der Waals surface area contributed by atoms with Gasteiger partial charge in [-0.25, -0.2) is 13.1 Å². The average Bonchev–Trinajstić information content (AvgIpc) is 3.38. The van der Waals surface area contributed by atoms with Gasteiger partial charge in [0.15, 0.2) is 0 Å². The van der Waals surface area contributed by atoms with Gasteiger partial charge in [0.1, 0.15) is 6.04 Å². The fourth-order valence-electron chi connectivity index (χ4n) is 6.56. The van der Waals surface area contributed by atoms with E-state index in [1.165, 1.54) is 0 Å². The number of rotatable bonds is 18. The van der Waals surface area contributed by atoms with Crippen molar-refractivity contribution in [1.29, 1.82) is 0 Å². The smallest absolute Gasteiger partial charge is 0.308 e. The molecule has 2 aliphatic carbocycles. The Morgan fingerprint density at radius 1 is 1.02 bits per heavy atom. The van der Waals surface area contributed by atoms with Gasteiger partial charge in [-0.2, -0.15) is 0 Å². The number of aliphatic carboxylic acids is 2. The Morgan fingerprint density at radius 3 is 2.24 bits per heavy atom. The van der Waals surface area contributed by atoms with Crippen LogP contribution in [0.4, 0.5) is 0 Å². The molecule has 242 valence electrons. The van der Waals surface area contributed by atoms with E-state index in [4.69, 9.17) is 5.73 Å². The Balaban J connectivity index is 2.09. The van der Waals surface area contributed by atoms with Gasteiger partial charge >= 0.3 is 11.9 Å². The van der Waals surface area contributed by atoms with Crippen LogP contribution in [-0.4, -0.2) is 73.8 Å². The maximum atomic E-state index is 13.7. The van der Waals surface area contributed by atoms with Crippen molar-refractivity contribution >= 4 is 33.8 Å². The molecule has 13 heteroatoms. The number of carbonyl (C=O) groups is 4. The zero-order chi connectivity index (χ0) is 31.5. The van der Waals surface area contributed by atoms with Crippen LogP contribution in [0.15, 0.2) is 0 Å². The molecule has 2 fully saturated rings. The highest BCUT2D eigenvalue weighted by Gasteiger charge is 2.45. The maximum absolute atomic E-state index is 13.7. The molecule has 2 rings (SSSR count). The summed E-state index contributed by atoms with van der Waals surface area (Å²) in [6.07, 6.45) is 8.36. The highest BCUT2D eigenvalue weighted by molar-refractivity contribution is 7.88. The topological polar surface area (TPSA) is 205 Å². The zero-order valence-electron chi connectivity index (χ0n) is 25.4. The molecule has 0 aromatic carbocycles. The first-order valence-corrected chi connectivity index (χ1v) is 17.3. The number of nitrogens with two attached hydrogens (primary N) is 1. The van der Waals surface area contributed by atoms with Crippen molar-refractivity contribution in [2.45, 2.75) is 109 Å². The van der Waals surface area contributed by atoms with Crippen molar-refractivity contribution in [3.05, 3.63) is 0 Å². The fourth-order valence-corrected chi connectivity index (χ4v) is 7.30. The monoisotopic (exact) mass is 616 g/mol. The second-order valence-electron chi connectivity index (χ2n) is 12.9. The van der Waals surface area contributed by atoms with Gasteiger partial charge in [0.25, 0.3) is 0 Å². The summed E-state index contributed by atoms with van der Waals surface area (Å²) in [6, 6.07) is -1.21. The summed E-state index contributed by atoms with van der Waals surface area (Å²) < 4.78 is 25.9. The Kier molecular flexibility index (Phi) is 14.2. The first-order valence-electron chi connectivity index (χ1n) is 15.4. The van der Waals surface area contributed by atoms with Gasteiger partial charge in [-0.3, -0.25) is 19.2 Å². The molecule has 42 heavy (non-hydrogen) atoms. The first kappa shape index (κ1) is 35.9. The molecular formula is C29H52N4O8S. The molecule has 12 nitrogen and oxygen atoms in total. The molecule has 0 bridgehead atoms. The van der Waals surface area contributed by atoms with Crippen molar-refractivity contribution < 1.29 is 37.8 Å². The van der Waals surface area contributed by atoms with Crippen LogP contribution in [0.25, 0.3) is 0 Å². The SMILES string of the molecule is CC(C)CC[C@H]1CC(NC(=O)C2(CC(CNC(=O)[C@H](CCCCN)NS(C)(=O)=O)C(=O)O)CCCC2)CC[C@H]1C(=O)O. The third-order valence-corrected chi connectivity index (χ3v) is 9.63. The first-order chi connectivity index (χ1) is 19.7. The number of carboxylic acid groups (broad SMARTS) is 2. The molecule has 0 saturated heterocycles. The molecule has 0 aliphatic heterocycles. The molecule has 2 saturated carbocycles. The Labute approximate surface area is 250 Å². The van der Waals surface area contributed by atoms with Crippen molar-refractivity contribution in [3.8, 4) is 0 Å². The molecule has 2 unspecified atom stereocenters. The van der Waals surface area contributed by atoms with E-state index < -0.39 is 51.2 Å². The second kappa shape index (κ2) is 16.6. The quantitative estimate of drug-likeness (QED) is 0.125. The van der Waals surface area contributed by atoms with Crippen LogP contribution in [0.5, 0.6) is 0 Å². The van der Waals surface area contributed by atoms with E-state index in [-0.39, 0.29) is 37.3 Å². The van der Waals surface area contributed by atoms with Crippen LogP contribution >= 0.6 is 0 Å². The van der Waals surface area contributed by atoms with Gasteiger partial charge in [0.2, 0.25) is 21.8 Å². The van der Waals surface area contributed by atoms with Gasteiger partial charge in [0.05, 0.1) is 23.5 Å². The van der Waals surface area contributed by atoms with Gasteiger partial charge < -0.3 is 26.6 Å². The van der Waals surface area contributed by atoms with Crippen LogP contribution in [0, 0.1) is 29.1 Å². The van der Waals surface area contributed by atoms with Gasteiger partial charge in [0, 0.05) is 12.6 Å². The van der Waals surface area contributed by atoms with Crippen LogP contribution in [0.1, 0.15) is 97.3 Å². The molecule has 5 atom stereocenters. The van der Waals surface area contributed by atoms with E-state index in [9.17, 15) is 37.8 Å². The number of unbranched alkanes of at least 4 members (excludes halogenated alkanes) is 1. The summed E-state index contributed by atoms with van der Waals surface area (Å²) in [5.74, 6) is -3.78. The van der Waals surface area contributed by atoms with Crippen LogP contribution in [0.3, 0.4) is 0 Å². The molecule has 0 spiro atoms. The maximum Gasteiger partial charge on any atom is 0.308 e. The predicted molar refractivity (Wildman–Crippen MR) is 159 cm³/mol. The van der Waals surface area contributed by atoms with Crippen molar-refractivity contribution in [1.82, 2.24) is 15.4 Å². The van der Waals surface area contributed by atoms with Crippen molar-refractivity contribution in [2.75, 3.05) is 19.3 Å². The third kappa shape index (κ3) is 11.4. The largest absolute Gasteiger partial charge is 0.481 e. The summed E-state index contributed by atoms with van der Waals surface area (Å²) in [4.78, 5) is 50.7. The van der Waals surface area contributed by atoms with Crippen LogP contribution < -0.4 is 21.1 Å². The number of sulfonamides is 1. The Bertz CT molecular complexity index is 1030. The van der Waals surface area contributed by atoms with Crippen molar-refractivity contribution in [2.24, 2.45) is 34.8 Å². The molecule has 2 amide bonds. The summed E-state index contributed by atoms with van der Waals surface area (Å²) in [6.45, 7) is 4.38. The number of amides is 2. The van der Waals surface area contributed by atoms with Crippen molar-refractivity contribution in [3.63, 3.8) is 0 Å². The van der Waals surface area contributed by atoms with E-state index >= 15 is 0 Å². The summed E-state index contributed by atoms with van der Waals surface area (Å²) >= 11 is 0. The highest BCUT2D eigenvalue weighted by atomic mass is 32.2. The van der Waals surface area contributed by atoms with Crippen LogP contribution in [-0.2, 0) is 29.2 Å². The third-order valence-electron chi connectivity index (χ3n) is 8.92. The number of nitrogens with one attached hydrogen (secondary N) is 3. The zero-order valence-corrected chi connectivity index (χ0v) is 26.2. The summed E-state index contributed by atoms with van der Waals surface area (Å²) in [5.41, 5.74) is 4.62. The fraction of sp³-hybridized carbons (Fsp3) is 0.862. The average molecular weight is 617 g/mol. The highest BCUT2D eigenvalue weighted by Crippen LogP contribution is 2.44. The number of hydrogen-bond donors (Lipinski definition) is 6. The Hall–Kier alpha value is -2.25. The van der Waals surface area contributed by atoms with E-state index in [1.807, 2.05) is 0 Å². The molecule has 0 aromatic rings.